The van der Waals surface area contributed by atoms with Crippen LogP contribution < -0.4 is 11.2 Å². The van der Waals surface area contributed by atoms with Crippen molar-refractivity contribution in [2.24, 2.45) is 7.05 Å². The van der Waals surface area contributed by atoms with E-state index in [4.69, 9.17) is 23.2 Å². The number of aryl methyl sites for hydroxylation is 3. The number of hydrogen-bond acceptors (Lipinski definition) is 3. The van der Waals surface area contributed by atoms with Gasteiger partial charge in [0.15, 0.2) is 11.2 Å². The van der Waals surface area contributed by atoms with Crippen molar-refractivity contribution in [3.05, 3.63) is 66.5 Å². The number of halogens is 2. The molecule has 0 atom stereocenters. The number of benzene rings is 1. The molecule has 0 saturated carbocycles. The highest BCUT2D eigenvalue weighted by Gasteiger charge is 2.20. The second kappa shape index (κ2) is 6.28. The molecule has 0 amide bonds. The molecule has 140 valence electrons. The highest BCUT2D eigenvalue weighted by molar-refractivity contribution is 6.35. The van der Waals surface area contributed by atoms with Crippen LogP contribution in [0, 0.1) is 6.92 Å². The average molecular weight is 406 g/mol. The van der Waals surface area contributed by atoms with Crippen molar-refractivity contribution in [3.63, 3.8) is 0 Å². The van der Waals surface area contributed by atoms with E-state index >= 15 is 0 Å². The first kappa shape index (κ1) is 17.9. The van der Waals surface area contributed by atoms with E-state index in [9.17, 15) is 9.59 Å². The van der Waals surface area contributed by atoms with Crippen LogP contribution in [0.15, 0.2) is 34.0 Å². The Kier molecular flexibility index (Phi) is 4.16. The smallest absolute Gasteiger partial charge is 0.314 e. The van der Waals surface area contributed by atoms with E-state index < -0.39 is 11.2 Å². The van der Waals surface area contributed by atoms with Crippen LogP contribution in [0.2, 0.25) is 10.0 Å². The SMILES string of the molecule is CCn1c(C)cn2c3c(=O)n(Cc4ccc(Cl)cc4Cl)c(=O)n(C)c3nc12. The number of aromatic nitrogens is 5. The molecule has 0 fully saturated rings. The van der Waals surface area contributed by atoms with Crippen molar-refractivity contribution < 1.29 is 0 Å². The Balaban J connectivity index is 2.03. The maximum absolute atomic E-state index is 13.2. The Morgan fingerprint density at radius 2 is 1.89 bits per heavy atom. The molecule has 3 heterocycles. The Morgan fingerprint density at radius 3 is 2.56 bits per heavy atom. The second-order valence-electron chi connectivity index (χ2n) is 6.44. The molecule has 4 rings (SSSR count). The minimum atomic E-state index is -0.445. The molecule has 4 aromatic rings. The number of imidazole rings is 2. The van der Waals surface area contributed by atoms with E-state index in [2.05, 4.69) is 4.98 Å². The van der Waals surface area contributed by atoms with Crippen LogP contribution in [0.3, 0.4) is 0 Å². The molecule has 0 saturated heterocycles. The molecule has 0 aliphatic rings. The number of rotatable bonds is 3. The minimum Gasteiger partial charge on any atom is -0.314 e. The Labute approximate surface area is 164 Å². The van der Waals surface area contributed by atoms with Crippen molar-refractivity contribution in [2.75, 3.05) is 0 Å². The van der Waals surface area contributed by atoms with Crippen molar-refractivity contribution in [1.29, 1.82) is 0 Å². The summed E-state index contributed by atoms with van der Waals surface area (Å²) in [6.45, 7) is 4.73. The van der Waals surface area contributed by atoms with E-state index in [0.717, 1.165) is 5.69 Å². The number of nitrogens with zero attached hydrogens (tertiary/aromatic N) is 5. The first-order chi connectivity index (χ1) is 12.8. The van der Waals surface area contributed by atoms with Gasteiger partial charge in [0.1, 0.15) is 0 Å². The summed E-state index contributed by atoms with van der Waals surface area (Å²) in [6.07, 6.45) is 1.86. The van der Waals surface area contributed by atoms with E-state index in [1.54, 1.807) is 29.6 Å². The van der Waals surface area contributed by atoms with Gasteiger partial charge in [-0.25, -0.2) is 4.79 Å². The van der Waals surface area contributed by atoms with Gasteiger partial charge in [-0.1, -0.05) is 29.3 Å². The normalized spacial score (nSPS) is 11.7. The third kappa shape index (κ3) is 2.61. The summed E-state index contributed by atoms with van der Waals surface area (Å²) < 4.78 is 6.30. The van der Waals surface area contributed by atoms with E-state index in [0.29, 0.717) is 39.1 Å². The van der Waals surface area contributed by atoms with Crippen LogP contribution in [0.1, 0.15) is 18.2 Å². The van der Waals surface area contributed by atoms with Crippen molar-refractivity contribution in [2.45, 2.75) is 26.9 Å². The third-order valence-electron chi connectivity index (χ3n) is 4.80. The third-order valence-corrected chi connectivity index (χ3v) is 5.39. The fraction of sp³-hybridized carbons (Fsp3) is 0.278. The molecule has 0 aliphatic carbocycles. The maximum Gasteiger partial charge on any atom is 0.332 e. The lowest BCUT2D eigenvalue weighted by Crippen LogP contribution is -2.39. The lowest BCUT2D eigenvalue weighted by atomic mass is 10.2. The van der Waals surface area contributed by atoms with Gasteiger partial charge in [0.25, 0.3) is 5.56 Å². The molecule has 0 N–H and O–H groups in total. The summed E-state index contributed by atoms with van der Waals surface area (Å²) in [5.74, 6) is 0.638. The van der Waals surface area contributed by atoms with Crippen LogP contribution in [-0.4, -0.2) is 23.1 Å². The van der Waals surface area contributed by atoms with Crippen LogP contribution in [0.25, 0.3) is 16.9 Å². The number of hydrogen-bond donors (Lipinski definition) is 0. The van der Waals surface area contributed by atoms with Gasteiger partial charge in [-0.15, -0.1) is 0 Å². The zero-order chi connectivity index (χ0) is 19.5. The first-order valence-corrected chi connectivity index (χ1v) is 9.20. The molecular formula is C18H17Cl2N5O2. The maximum atomic E-state index is 13.2. The molecule has 0 spiro atoms. The largest absolute Gasteiger partial charge is 0.332 e. The van der Waals surface area contributed by atoms with Gasteiger partial charge in [-0.2, -0.15) is 4.98 Å². The molecule has 0 aliphatic heterocycles. The van der Waals surface area contributed by atoms with Gasteiger partial charge in [0.05, 0.1) is 6.54 Å². The summed E-state index contributed by atoms with van der Waals surface area (Å²) in [6, 6.07) is 4.98. The van der Waals surface area contributed by atoms with Crippen molar-refractivity contribution >= 4 is 40.1 Å². The quantitative estimate of drug-likeness (QED) is 0.526. The van der Waals surface area contributed by atoms with E-state index in [-0.39, 0.29) is 6.54 Å². The molecule has 0 radical (unpaired) electrons. The van der Waals surface area contributed by atoms with Gasteiger partial charge in [-0.05, 0) is 31.5 Å². The fourth-order valence-corrected chi connectivity index (χ4v) is 3.87. The molecule has 27 heavy (non-hydrogen) atoms. The number of fused-ring (bicyclic) bond motifs is 3. The standard InChI is InChI=1S/C18H17Cl2N5O2/c1-4-23-10(2)8-24-14-15(21-17(23)24)22(3)18(27)25(16(14)26)9-11-5-6-12(19)7-13(11)20/h5-8H,4,9H2,1-3H3. The predicted octanol–water partition coefficient (Wildman–Crippen LogP) is 2.83. The molecular weight excluding hydrogens is 389 g/mol. The first-order valence-electron chi connectivity index (χ1n) is 8.45. The summed E-state index contributed by atoms with van der Waals surface area (Å²) in [4.78, 5) is 30.5. The van der Waals surface area contributed by atoms with Crippen LogP contribution in [-0.2, 0) is 20.1 Å². The fourth-order valence-electron chi connectivity index (χ4n) is 3.41. The zero-order valence-electron chi connectivity index (χ0n) is 15.0. The summed E-state index contributed by atoms with van der Waals surface area (Å²) >= 11 is 12.2. The molecule has 3 aromatic heterocycles. The van der Waals surface area contributed by atoms with Gasteiger partial charge < -0.3 is 4.57 Å². The Morgan fingerprint density at radius 1 is 1.15 bits per heavy atom. The summed E-state index contributed by atoms with van der Waals surface area (Å²) in [5, 5.41) is 0.899. The topological polar surface area (TPSA) is 66.2 Å². The van der Waals surface area contributed by atoms with Crippen LogP contribution in [0.5, 0.6) is 0 Å². The molecule has 9 heteroatoms. The zero-order valence-corrected chi connectivity index (χ0v) is 16.5. The Bertz CT molecular complexity index is 1330. The lowest BCUT2D eigenvalue weighted by molar-refractivity contribution is 0.656. The van der Waals surface area contributed by atoms with Crippen molar-refractivity contribution in [1.82, 2.24) is 23.1 Å². The molecule has 0 unspecified atom stereocenters. The highest BCUT2D eigenvalue weighted by atomic mass is 35.5. The van der Waals surface area contributed by atoms with E-state index in [1.807, 2.05) is 24.6 Å². The predicted molar refractivity (Wildman–Crippen MR) is 106 cm³/mol. The van der Waals surface area contributed by atoms with Gasteiger partial charge in [0.2, 0.25) is 5.78 Å². The van der Waals surface area contributed by atoms with Crippen molar-refractivity contribution in [3.8, 4) is 0 Å². The van der Waals surface area contributed by atoms with Crippen LogP contribution >= 0.6 is 23.2 Å². The molecule has 0 bridgehead atoms. The summed E-state index contributed by atoms with van der Waals surface area (Å²) in [7, 11) is 1.61. The minimum absolute atomic E-state index is 0.0537. The lowest BCUT2D eigenvalue weighted by Gasteiger charge is -2.09. The second-order valence-corrected chi connectivity index (χ2v) is 7.28. The highest BCUT2D eigenvalue weighted by Crippen LogP contribution is 2.21. The van der Waals surface area contributed by atoms with Gasteiger partial charge >= 0.3 is 5.69 Å². The molecule has 7 nitrogen and oxygen atoms in total. The van der Waals surface area contributed by atoms with Gasteiger partial charge in [-0.3, -0.25) is 18.3 Å². The van der Waals surface area contributed by atoms with E-state index in [1.165, 1.54) is 9.13 Å². The van der Waals surface area contributed by atoms with Crippen LogP contribution in [0.4, 0.5) is 0 Å². The molecule has 1 aromatic carbocycles. The van der Waals surface area contributed by atoms with Gasteiger partial charge in [0, 0.05) is 35.5 Å². The monoisotopic (exact) mass is 405 g/mol. The Hall–Kier alpha value is -2.51. The average Bonchev–Trinajstić information content (AvgIpc) is 3.12. The summed E-state index contributed by atoms with van der Waals surface area (Å²) in [5.41, 5.74) is 1.51.